The number of carbonyl (C=O) groups is 1. The molecule has 4 heteroatoms. The predicted octanol–water partition coefficient (Wildman–Crippen LogP) is 1.43. The molecular weight excluding hydrogens is 204 g/mol. The first kappa shape index (κ1) is 12.4. The Morgan fingerprint density at radius 2 is 2.12 bits per heavy atom. The molecule has 0 saturated carbocycles. The Morgan fingerprint density at radius 1 is 1.44 bits per heavy atom. The number of hydrogen-bond donors (Lipinski definition) is 1. The molecule has 0 aliphatic heterocycles. The quantitative estimate of drug-likeness (QED) is 0.784. The van der Waals surface area contributed by atoms with Crippen molar-refractivity contribution in [2.75, 3.05) is 26.4 Å². The van der Waals surface area contributed by atoms with Gasteiger partial charge >= 0.3 is 0 Å². The lowest BCUT2D eigenvalue weighted by atomic mass is 10.2. The third-order valence-electron chi connectivity index (χ3n) is 2.40. The summed E-state index contributed by atoms with van der Waals surface area (Å²) in [4.78, 5) is 12.9. The number of benzene rings is 1. The summed E-state index contributed by atoms with van der Waals surface area (Å²) in [5.74, 6) is 0.799. The Labute approximate surface area is 96.0 Å². The minimum atomic E-state index is 0.0570. The van der Waals surface area contributed by atoms with Crippen molar-refractivity contribution in [1.29, 1.82) is 0 Å². The molecule has 0 aliphatic rings. The molecule has 2 N–H and O–H groups in total. The van der Waals surface area contributed by atoms with Gasteiger partial charge in [-0.1, -0.05) is 6.07 Å². The Balaban J connectivity index is 2.49. The van der Waals surface area contributed by atoms with Gasteiger partial charge in [-0.15, -0.1) is 0 Å². The first-order valence-corrected chi connectivity index (χ1v) is 5.20. The lowest BCUT2D eigenvalue weighted by Gasteiger charge is -2.12. The van der Waals surface area contributed by atoms with Gasteiger partial charge in [-0.2, -0.15) is 0 Å². The van der Waals surface area contributed by atoms with Crippen molar-refractivity contribution in [3.05, 3.63) is 23.8 Å². The van der Waals surface area contributed by atoms with Crippen molar-refractivity contribution in [3.63, 3.8) is 0 Å². The van der Waals surface area contributed by atoms with Gasteiger partial charge in [0, 0.05) is 25.3 Å². The largest absolute Gasteiger partial charge is 0.493 e. The third-order valence-corrected chi connectivity index (χ3v) is 2.40. The molecule has 0 fully saturated rings. The molecule has 0 heterocycles. The van der Waals surface area contributed by atoms with E-state index in [-0.39, 0.29) is 5.91 Å². The number of anilines is 1. The molecule has 16 heavy (non-hydrogen) atoms. The molecule has 0 spiro atoms. The van der Waals surface area contributed by atoms with Crippen LogP contribution in [-0.2, 0) is 4.79 Å². The van der Waals surface area contributed by atoms with Gasteiger partial charge in [0.1, 0.15) is 5.75 Å². The molecular formula is C12H18N2O2. The van der Waals surface area contributed by atoms with E-state index in [2.05, 4.69) is 0 Å². The molecule has 1 amide bonds. The molecule has 88 valence electrons. The predicted molar refractivity (Wildman–Crippen MR) is 64.4 cm³/mol. The summed E-state index contributed by atoms with van der Waals surface area (Å²) in [5.41, 5.74) is 7.37. The van der Waals surface area contributed by atoms with Crippen LogP contribution in [0, 0.1) is 6.92 Å². The molecule has 4 nitrogen and oxygen atoms in total. The summed E-state index contributed by atoms with van der Waals surface area (Å²) in [5, 5.41) is 0. The van der Waals surface area contributed by atoms with Gasteiger partial charge < -0.3 is 15.4 Å². The van der Waals surface area contributed by atoms with Crippen LogP contribution >= 0.6 is 0 Å². The Hall–Kier alpha value is -1.71. The Kier molecular flexibility index (Phi) is 4.17. The van der Waals surface area contributed by atoms with E-state index in [1.165, 1.54) is 0 Å². The van der Waals surface area contributed by atoms with E-state index in [4.69, 9.17) is 10.5 Å². The summed E-state index contributed by atoms with van der Waals surface area (Å²) in [7, 11) is 3.46. The second kappa shape index (κ2) is 5.39. The van der Waals surface area contributed by atoms with Gasteiger partial charge in [-0.05, 0) is 19.1 Å². The zero-order valence-corrected chi connectivity index (χ0v) is 9.99. The minimum Gasteiger partial charge on any atom is -0.493 e. The monoisotopic (exact) mass is 222 g/mol. The highest BCUT2D eigenvalue weighted by molar-refractivity contribution is 5.75. The van der Waals surface area contributed by atoms with Crippen LogP contribution in [0.4, 0.5) is 5.69 Å². The van der Waals surface area contributed by atoms with E-state index < -0.39 is 0 Å². The number of carbonyl (C=O) groups excluding carboxylic acids is 1. The van der Waals surface area contributed by atoms with Crippen LogP contribution in [-0.4, -0.2) is 31.5 Å². The number of ether oxygens (including phenoxy) is 1. The summed E-state index contributed by atoms with van der Waals surface area (Å²) in [6, 6.07) is 5.52. The van der Waals surface area contributed by atoms with E-state index >= 15 is 0 Å². The smallest absolute Gasteiger partial charge is 0.225 e. The van der Waals surface area contributed by atoms with Crippen molar-refractivity contribution in [1.82, 2.24) is 4.90 Å². The van der Waals surface area contributed by atoms with E-state index in [0.717, 1.165) is 11.3 Å². The lowest BCUT2D eigenvalue weighted by Crippen LogP contribution is -2.23. The Bertz CT molecular complexity index is 375. The van der Waals surface area contributed by atoms with E-state index in [1.807, 2.05) is 25.1 Å². The van der Waals surface area contributed by atoms with Crippen LogP contribution in [0.5, 0.6) is 5.75 Å². The lowest BCUT2D eigenvalue weighted by molar-refractivity contribution is -0.129. The number of rotatable bonds is 4. The van der Waals surface area contributed by atoms with Crippen LogP contribution in [0.1, 0.15) is 12.0 Å². The fourth-order valence-electron chi connectivity index (χ4n) is 1.26. The van der Waals surface area contributed by atoms with Crippen LogP contribution in [0.2, 0.25) is 0 Å². The van der Waals surface area contributed by atoms with E-state index in [0.29, 0.717) is 18.7 Å². The fourth-order valence-corrected chi connectivity index (χ4v) is 1.26. The van der Waals surface area contributed by atoms with Gasteiger partial charge in [0.05, 0.1) is 13.0 Å². The molecule has 1 aromatic rings. The SMILES string of the molecule is Cc1c(N)cccc1OCCC(=O)N(C)C. The maximum absolute atomic E-state index is 11.3. The summed E-state index contributed by atoms with van der Waals surface area (Å²) >= 11 is 0. The van der Waals surface area contributed by atoms with Gasteiger partial charge in [-0.25, -0.2) is 0 Å². The number of nitrogens with two attached hydrogens (primary N) is 1. The molecule has 0 aromatic heterocycles. The van der Waals surface area contributed by atoms with Gasteiger partial charge in [0.15, 0.2) is 0 Å². The highest BCUT2D eigenvalue weighted by Crippen LogP contribution is 2.22. The normalized spacial score (nSPS) is 9.94. The molecule has 1 aromatic carbocycles. The molecule has 0 radical (unpaired) electrons. The molecule has 1 rings (SSSR count). The molecule has 0 aliphatic carbocycles. The third kappa shape index (κ3) is 3.15. The zero-order chi connectivity index (χ0) is 12.1. The standard InChI is InChI=1S/C12H18N2O2/c1-9-10(13)5-4-6-11(9)16-8-7-12(15)14(2)3/h4-6H,7-8,13H2,1-3H3. The zero-order valence-electron chi connectivity index (χ0n) is 9.99. The number of nitrogens with zero attached hydrogens (tertiary/aromatic N) is 1. The Morgan fingerprint density at radius 3 is 2.75 bits per heavy atom. The number of amides is 1. The van der Waals surface area contributed by atoms with Crippen molar-refractivity contribution in [3.8, 4) is 5.75 Å². The maximum Gasteiger partial charge on any atom is 0.225 e. The average Bonchev–Trinajstić information content (AvgIpc) is 2.24. The highest BCUT2D eigenvalue weighted by atomic mass is 16.5. The average molecular weight is 222 g/mol. The van der Waals surface area contributed by atoms with Crippen LogP contribution in [0.3, 0.4) is 0 Å². The van der Waals surface area contributed by atoms with Gasteiger partial charge in [0.25, 0.3) is 0 Å². The van der Waals surface area contributed by atoms with Crippen molar-refractivity contribution in [2.24, 2.45) is 0 Å². The van der Waals surface area contributed by atoms with Crippen LogP contribution in [0.25, 0.3) is 0 Å². The van der Waals surface area contributed by atoms with Gasteiger partial charge in [-0.3, -0.25) is 4.79 Å². The molecule has 0 bridgehead atoms. The first-order valence-electron chi connectivity index (χ1n) is 5.20. The maximum atomic E-state index is 11.3. The van der Waals surface area contributed by atoms with Gasteiger partial charge in [0.2, 0.25) is 5.91 Å². The van der Waals surface area contributed by atoms with Crippen LogP contribution in [0.15, 0.2) is 18.2 Å². The number of hydrogen-bond acceptors (Lipinski definition) is 3. The van der Waals surface area contributed by atoms with E-state index in [9.17, 15) is 4.79 Å². The topological polar surface area (TPSA) is 55.6 Å². The molecule has 0 saturated heterocycles. The number of nitrogen functional groups attached to an aromatic ring is 1. The molecule has 0 unspecified atom stereocenters. The second-order valence-corrected chi connectivity index (χ2v) is 3.86. The van der Waals surface area contributed by atoms with Crippen LogP contribution < -0.4 is 10.5 Å². The molecule has 0 atom stereocenters. The summed E-state index contributed by atoms with van der Waals surface area (Å²) in [6.45, 7) is 2.28. The first-order chi connectivity index (χ1) is 7.52. The van der Waals surface area contributed by atoms with Crippen molar-refractivity contribution >= 4 is 11.6 Å². The van der Waals surface area contributed by atoms with Crippen molar-refractivity contribution in [2.45, 2.75) is 13.3 Å². The van der Waals surface area contributed by atoms with E-state index in [1.54, 1.807) is 19.0 Å². The minimum absolute atomic E-state index is 0.0570. The second-order valence-electron chi connectivity index (χ2n) is 3.86. The van der Waals surface area contributed by atoms with Crippen molar-refractivity contribution < 1.29 is 9.53 Å². The summed E-state index contributed by atoms with van der Waals surface area (Å²) in [6.07, 6.45) is 0.376. The fraction of sp³-hybridized carbons (Fsp3) is 0.417. The highest BCUT2D eigenvalue weighted by Gasteiger charge is 2.06. The summed E-state index contributed by atoms with van der Waals surface area (Å²) < 4.78 is 5.51.